The van der Waals surface area contributed by atoms with Crippen LogP contribution in [0.15, 0.2) is 18.2 Å². The molecule has 2 aliphatic carbocycles. The van der Waals surface area contributed by atoms with E-state index in [1.165, 1.54) is 19.3 Å². The minimum atomic E-state index is 0.183. The van der Waals surface area contributed by atoms with Crippen molar-refractivity contribution >= 4 is 11.6 Å². The van der Waals surface area contributed by atoms with E-state index in [2.05, 4.69) is 17.2 Å². The second-order valence-electron chi connectivity index (χ2n) is 5.87. The second-order valence-corrected chi connectivity index (χ2v) is 5.87. The van der Waals surface area contributed by atoms with Crippen molar-refractivity contribution in [1.29, 1.82) is 0 Å². The van der Waals surface area contributed by atoms with Gasteiger partial charge in [-0.2, -0.15) is 0 Å². The molecule has 3 N–H and O–H groups in total. The molecule has 3 nitrogen and oxygen atoms in total. The molecule has 2 unspecified atom stereocenters. The van der Waals surface area contributed by atoms with Crippen LogP contribution in [0.3, 0.4) is 0 Å². The van der Waals surface area contributed by atoms with Crippen LogP contribution in [0.1, 0.15) is 30.4 Å². The van der Waals surface area contributed by atoms with Crippen LogP contribution < -0.4 is 11.1 Å². The van der Waals surface area contributed by atoms with E-state index in [-0.39, 0.29) is 11.8 Å². The van der Waals surface area contributed by atoms with Crippen molar-refractivity contribution in [3.05, 3.63) is 29.3 Å². The summed E-state index contributed by atoms with van der Waals surface area (Å²) in [6, 6.07) is 5.92. The van der Waals surface area contributed by atoms with E-state index in [0.717, 1.165) is 16.8 Å². The molecule has 20 heavy (non-hydrogen) atoms. The molecule has 0 aliphatic heterocycles. The van der Waals surface area contributed by atoms with Gasteiger partial charge in [0.1, 0.15) is 0 Å². The average molecular weight is 268 g/mol. The van der Waals surface area contributed by atoms with Crippen LogP contribution in [0, 0.1) is 36.5 Å². The summed E-state index contributed by atoms with van der Waals surface area (Å²) in [7, 11) is 0. The third kappa shape index (κ3) is 2.57. The van der Waals surface area contributed by atoms with Gasteiger partial charge in [-0.3, -0.25) is 4.79 Å². The summed E-state index contributed by atoms with van der Waals surface area (Å²) in [4.78, 5) is 12.3. The van der Waals surface area contributed by atoms with Crippen LogP contribution in [0.25, 0.3) is 0 Å². The summed E-state index contributed by atoms with van der Waals surface area (Å²) in [5.41, 5.74) is 8.24. The number of nitrogens with two attached hydrogens (primary N) is 1. The lowest BCUT2D eigenvalue weighted by molar-refractivity contribution is -0.118. The van der Waals surface area contributed by atoms with Crippen LogP contribution in [-0.2, 0) is 4.79 Å². The monoisotopic (exact) mass is 268 g/mol. The zero-order valence-corrected chi connectivity index (χ0v) is 11.8. The molecule has 2 fully saturated rings. The highest BCUT2D eigenvalue weighted by Gasteiger charge is 2.56. The number of benzene rings is 1. The molecule has 3 heteroatoms. The fourth-order valence-corrected chi connectivity index (χ4v) is 3.52. The van der Waals surface area contributed by atoms with Crippen molar-refractivity contribution in [3.63, 3.8) is 0 Å². The minimum Gasteiger partial charge on any atom is -0.326 e. The highest BCUT2D eigenvalue weighted by molar-refractivity contribution is 5.95. The van der Waals surface area contributed by atoms with E-state index >= 15 is 0 Å². The van der Waals surface area contributed by atoms with Gasteiger partial charge in [-0.25, -0.2) is 0 Å². The van der Waals surface area contributed by atoms with Crippen molar-refractivity contribution in [1.82, 2.24) is 0 Å². The minimum absolute atomic E-state index is 0.183. The number of anilines is 1. The van der Waals surface area contributed by atoms with E-state index < -0.39 is 0 Å². The van der Waals surface area contributed by atoms with Crippen LogP contribution >= 0.6 is 0 Å². The molecular formula is C17H20N2O. The van der Waals surface area contributed by atoms with Crippen molar-refractivity contribution in [2.24, 2.45) is 23.5 Å². The molecule has 0 saturated heterocycles. The summed E-state index contributed by atoms with van der Waals surface area (Å²) in [6.45, 7) is 2.36. The van der Waals surface area contributed by atoms with Crippen molar-refractivity contribution in [3.8, 4) is 11.8 Å². The molecule has 1 aromatic rings. The van der Waals surface area contributed by atoms with Crippen LogP contribution in [0.2, 0.25) is 0 Å². The number of hydrogen-bond donors (Lipinski definition) is 2. The first-order chi connectivity index (χ1) is 9.69. The highest BCUT2D eigenvalue weighted by atomic mass is 16.2. The van der Waals surface area contributed by atoms with Gasteiger partial charge in [-0.05, 0) is 55.4 Å². The maximum absolute atomic E-state index is 12.3. The quantitative estimate of drug-likeness (QED) is 0.809. The fourth-order valence-electron chi connectivity index (χ4n) is 3.52. The number of fused-ring (bicyclic) bond motifs is 1. The Morgan fingerprint density at radius 2 is 2.10 bits per heavy atom. The van der Waals surface area contributed by atoms with Gasteiger partial charge in [0.25, 0.3) is 0 Å². The molecule has 2 saturated carbocycles. The van der Waals surface area contributed by atoms with E-state index in [4.69, 9.17) is 5.73 Å². The zero-order chi connectivity index (χ0) is 14.1. The standard InChI is InChI=1S/C17H20N2O/c1-11-8-12(4-3-7-18)10-13(9-11)19-17(20)16-14-5-2-6-15(14)16/h8-10,14-16H,2,5-7,18H2,1H3,(H,19,20). The van der Waals surface area contributed by atoms with Gasteiger partial charge in [0.2, 0.25) is 5.91 Å². The normalized spacial score (nSPS) is 26.4. The summed E-state index contributed by atoms with van der Waals surface area (Å²) < 4.78 is 0. The second kappa shape index (κ2) is 5.30. The number of carbonyl (C=O) groups is 1. The van der Waals surface area contributed by atoms with Gasteiger partial charge in [0, 0.05) is 17.2 Å². The molecule has 2 aliphatic rings. The Hall–Kier alpha value is -1.79. The smallest absolute Gasteiger partial charge is 0.228 e. The first kappa shape index (κ1) is 13.2. The molecule has 3 rings (SSSR count). The first-order valence-corrected chi connectivity index (χ1v) is 7.30. The number of hydrogen-bond acceptors (Lipinski definition) is 2. The van der Waals surface area contributed by atoms with Crippen LogP contribution in [-0.4, -0.2) is 12.5 Å². The van der Waals surface area contributed by atoms with Gasteiger partial charge in [0.15, 0.2) is 0 Å². The lowest BCUT2D eigenvalue weighted by Gasteiger charge is -2.08. The van der Waals surface area contributed by atoms with Gasteiger partial charge in [-0.1, -0.05) is 18.3 Å². The van der Waals surface area contributed by atoms with E-state index in [9.17, 15) is 4.79 Å². The van der Waals surface area contributed by atoms with Crippen molar-refractivity contribution in [2.75, 3.05) is 11.9 Å². The van der Waals surface area contributed by atoms with E-state index in [1.807, 2.05) is 25.1 Å². The van der Waals surface area contributed by atoms with Gasteiger partial charge in [0.05, 0.1) is 6.54 Å². The SMILES string of the molecule is Cc1cc(C#CCN)cc(NC(=O)C2C3CCCC32)c1. The molecular weight excluding hydrogens is 248 g/mol. The number of aryl methyl sites for hydroxylation is 1. The lowest BCUT2D eigenvalue weighted by Crippen LogP contribution is -2.16. The van der Waals surface area contributed by atoms with Gasteiger partial charge < -0.3 is 11.1 Å². The van der Waals surface area contributed by atoms with Crippen LogP contribution in [0.4, 0.5) is 5.69 Å². The molecule has 0 aromatic heterocycles. The Morgan fingerprint density at radius 1 is 1.35 bits per heavy atom. The first-order valence-electron chi connectivity index (χ1n) is 7.30. The topological polar surface area (TPSA) is 55.1 Å². The summed E-state index contributed by atoms with van der Waals surface area (Å²) in [5.74, 6) is 7.60. The molecule has 1 aromatic carbocycles. The zero-order valence-electron chi connectivity index (χ0n) is 11.8. The third-order valence-corrected chi connectivity index (χ3v) is 4.39. The Labute approximate surface area is 119 Å². The van der Waals surface area contributed by atoms with Crippen LogP contribution in [0.5, 0.6) is 0 Å². The number of carbonyl (C=O) groups excluding carboxylic acids is 1. The maximum Gasteiger partial charge on any atom is 0.228 e. The predicted molar refractivity (Wildman–Crippen MR) is 80.1 cm³/mol. The largest absolute Gasteiger partial charge is 0.326 e. The molecule has 1 amide bonds. The number of rotatable bonds is 2. The fraction of sp³-hybridized carbons (Fsp3) is 0.471. The Balaban J connectivity index is 1.70. The van der Waals surface area contributed by atoms with E-state index in [0.29, 0.717) is 18.4 Å². The van der Waals surface area contributed by atoms with Gasteiger partial charge in [-0.15, -0.1) is 0 Å². The predicted octanol–water partition coefficient (Wildman–Crippen LogP) is 2.29. The molecule has 2 atom stereocenters. The Kier molecular flexibility index (Phi) is 3.50. The molecule has 0 heterocycles. The highest BCUT2D eigenvalue weighted by Crippen LogP contribution is 2.57. The van der Waals surface area contributed by atoms with Crippen molar-refractivity contribution < 1.29 is 4.79 Å². The summed E-state index contributed by atoms with van der Waals surface area (Å²) in [6.07, 6.45) is 3.75. The molecule has 104 valence electrons. The van der Waals surface area contributed by atoms with E-state index in [1.54, 1.807) is 0 Å². The average Bonchev–Trinajstić information content (AvgIpc) is 2.90. The molecule has 0 bridgehead atoms. The lowest BCUT2D eigenvalue weighted by atomic mass is 10.1. The third-order valence-electron chi connectivity index (χ3n) is 4.39. The number of amides is 1. The molecule has 0 radical (unpaired) electrons. The maximum atomic E-state index is 12.3. The number of nitrogens with one attached hydrogen (secondary N) is 1. The molecule has 0 spiro atoms. The Morgan fingerprint density at radius 3 is 2.80 bits per heavy atom. The Bertz CT molecular complexity index is 587. The van der Waals surface area contributed by atoms with Gasteiger partial charge >= 0.3 is 0 Å². The van der Waals surface area contributed by atoms with Crippen molar-refractivity contribution in [2.45, 2.75) is 26.2 Å². The summed E-state index contributed by atoms with van der Waals surface area (Å²) >= 11 is 0. The summed E-state index contributed by atoms with van der Waals surface area (Å²) in [5, 5.41) is 3.05.